The summed E-state index contributed by atoms with van der Waals surface area (Å²) >= 11 is 5.85. The minimum atomic E-state index is -0.122. The highest BCUT2D eigenvalue weighted by Gasteiger charge is 2.09. The van der Waals surface area contributed by atoms with Crippen molar-refractivity contribution >= 4 is 17.5 Å². The molecular weight excluding hydrogens is 314 g/mol. The molecule has 1 amide bonds. The SMILES string of the molecule is O=C(NCCc1nnc(-c2ccc(Cl)cc2)o1)c1ccccc1. The second-order valence-corrected chi connectivity index (χ2v) is 5.32. The van der Waals surface area contributed by atoms with Gasteiger partial charge in [0, 0.05) is 29.1 Å². The van der Waals surface area contributed by atoms with Crippen LogP contribution in [-0.2, 0) is 6.42 Å². The van der Waals surface area contributed by atoms with Gasteiger partial charge in [0.05, 0.1) is 0 Å². The van der Waals surface area contributed by atoms with Gasteiger partial charge in [0.15, 0.2) is 0 Å². The number of carbonyl (C=O) groups excluding carboxylic acids is 1. The number of hydrogen-bond donors (Lipinski definition) is 1. The van der Waals surface area contributed by atoms with Crippen LogP contribution in [0.25, 0.3) is 11.5 Å². The van der Waals surface area contributed by atoms with Crippen molar-refractivity contribution in [3.63, 3.8) is 0 Å². The third-order valence-corrected chi connectivity index (χ3v) is 3.47. The highest BCUT2D eigenvalue weighted by molar-refractivity contribution is 6.30. The molecule has 1 N–H and O–H groups in total. The van der Waals surface area contributed by atoms with Gasteiger partial charge in [-0.1, -0.05) is 29.8 Å². The van der Waals surface area contributed by atoms with Crippen molar-refractivity contribution in [1.29, 1.82) is 0 Å². The second kappa shape index (κ2) is 7.07. The Balaban J connectivity index is 1.55. The average molecular weight is 328 g/mol. The standard InChI is InChI=1S/C17H14ClN3O2/c18-14-8-6-13(7-9-14)17-21-20-15(23-17)10-11-19-16(22)12-4-2-1-3-5-12/h1-9H,10-11H2,(H,19,22). The Bertz CT molecular complexity index is 785. The van der Waals surface area contributed by atoms with Gasteiger partial charge in [0.2, 0.25) is 11.8 Å². The smallest absolute Gasteiger partial charge is 0.251 e. The molecule has 1 heterocycles. The summed E-state index contributed by atoms with van der Waals surface area (Å²) in [6.45, 7) is 0.427. The van der Waals surface area contributed by atoms with Gasteiger partial charge in [0.1, 0.15) is 0 Å². The van der Waals surface area contributed by atoms with Gasteiger partial charge < -0.3 is 9.73 Å². The lowest BCUT2D eigenvalue weighted by Crippen LogP contribution is -2.25. The maximum atomic E-state index is 11.9. The predicted molar refractivity (Wildman–Crippen MR) is 87.2 cm³/mol. The predicted octanol–water partition coefficient (Wildman–Crippen LogP) is 3.36. The number of rotatable bonds is 5. The van der Waals surface area contributed by atoms with E-state index < -0.39 is 0 Å². The van der Waals surface area contributed by atoms with E-state index in [0.29, 0.717) is 35.3 Å². The molecule has 116 valence electrons. The molecular formula is C17H14ClN3O2. The monoisotopic (exact) mass is 327 g/mol. The summed E-state index contributed by atoms with van der Waals surface area (Å²) < 4.78 is 5.58. The lowest BCUT2D eigenvalue weighted by atomic mass is 10.2. The van der Waals surface area contributed by atoms with E-state index in [0.717, 1.165) is 5.56 Å². The first kappa shape index (κ1) is 15.2. The number of aromatic nitrogens is 2. The third-order valence-electron chi connectivity index (χ3n) is 3.22. The number of nitrogens with one attached hydrogen (secondary N) is 1. The largest absolute Gasteiger partial charge is 0.421 e. The maximum absolute atomic E-state index is 11.9. The normalized spacial score (nSPS) is 10.5. The van der Waals surface area contributed by atoms with Crippen LogP contribution >= 0.6 is 11.6 Å². The lowest BCUT2D eigenvalue weighted by molar-refractivity contribution is 0.0953. The lowest BCUT2D eigenvalue weighted by Gasteiger charge is -2.02. The Hall–Kier alpha value is -2.66. The van der Waals surface area contributed by atoms with Crippen molar-refractivity contribution in [2.75, 3.05) is 6.54 Å². The van der Waals surface area contributed by atoms with Gasteiger partial charge >= 0.3 is 0 Å². The molecule has 0 unspecified atom stereocenters. The molecule has 0 saturated carbocycles. The number of amides is 1. The molecule has 0 saturated heterocycles. The summed E-state index contributed by atoms with van der Waals surface area (Å²) in [6.07, 6.45) is 0.471. The molecule has 0 aliphatic carbocycles. The Labute approximate surface area is 138 Å². The van der Waals surface area contributed by atoms with Crippen molar-refractivity contribution in [1.82, 2.24) is 15.5 Å². The fraction of sp³-hybridized carbons (Fsp3) is 0.118. The highest BCUT2D eigenvalue weighted by atomic mass is 35.5. The van der Waals surface area contributed by atoms with Crippen LogP contribution in [0.15, 0.2) is 59.0 Å². The first-order chi connectivity index (χ1) is 11.2. The van der Waals surface area contributed by atoms with Crippen molar-refractivity contribution in [3.05, 3.63) is 71.1 Å². The Morgan fingerprint density at radius 3 is 2.52 bits per heavy atom. The number of benzene rings is 2. The molecule has 2 aromatic carbocycles. The Morgan fingerprint density at radius 1 is 1.04 bits per heavy atom. The zero-order chi connectivity index (χ0) is 16.1. The van der Waals surface area contributed by atoms with Gasteiger partial charge in [-0.2, -0.15) is 0 Å². The summed E-state index contributed by atoms with van der Waals surface area (Å²) in [5, 5.41) is 11.5. The van der Waals surface area contributed by atoms with Gasteiger partial charge in [-0.15, -0.1) is 10.2 Å². The van der Waals surface area contributed by atoms with E-state index in [-0.39, 0.29) is 5.91 Å². The fourth-order valence-corrected chi connectivity index (χ4v) is 2.16. The number of hydrogen-bond acceptors (Lipinski definition) is 4. The summed E-state index contributed by atoms with van der Waals surface area (Å²) in [6, 6.07) is 16.2. The summed E-state index contributed by atoms with van der Waals surface area (Å²) in [5.74, 6) is 0.789. The molecule has 1 aromatic heterocycles. The molecule has 0 atom stereocenters. The summed E-state index contributed by atoms with van der Waals surface area (Å²) in [4.78, 5) is 11.9. The molecule has 0 fully saturated rings. The van der Waals surface area contributed by atoms with Crippen molar-refractivity contribution < 1.29 is 9.21 Å². The number of halogens is 1. The first-order valence-corrected chi connectivity index (χ1v) is 7.52. The van der Waals surface area contributed by atoms with Crippen LogP contribution in [0, 0.1) is 0 Å². The number of nitrogens with zero attached hydrogens (tertiary/aromatic N) is 2. The van der Waals surface area contributed by atoms with Crippen LogP contribution in [0.4, 0.5) is 0 Å². The van der Waals surface area contributed by atoms with Gasteiger partial charge in [-0.3, -0.25) is 4.79 Å². The maximum Gasteiger partial charge on any atom is 0.251 e. The molecule has 5 nitrogen and oxygen atoms in total. The van der Waals surface area contributed by atoms with Gasteiger partial charge in [-0.05, 0) is 36.4 Å². The van der Waals surface area contributed by atoms with Crippen LogP contribution in [0.1, 0.15) is 16.2 Å². The van der Waals surface area contributed by atoms with E-state index in [1.54, 1.807) is 24.3 Å². The minimum absolute atomic E-state index is 0.122. The molecule has 0 aliphatic heterocycles. The van der Waals surface area contributed by atoms with E-state index in [1.807, 2.05) is 30.3 Å². The Morgan fingerprint density at radius 2 is 1.78 bits per heavy atom. The van der Waals surface area contributed by atoms with Crippen LogP contribution in [0.3, 0.4) is 0 Å². The molecule has 0 bridgehead atoms. The third kappa shape index (κ3) is 3.96. The van der Waals surface area contributed by atoms with Crippen LogP contribution in [0.2, 0.25) is 5.02 Å². The van der Waals surface area contributed by atoms with Crippen LogP contribution in [0.5, 0.6) is 0 Å². The quantitative estimate of drug-likeness (QED) is 0.780. The van der Waals surface area contributed by atoms with Crippen molar-refractivity contribution in [2.45, 2.75) is 6.42 Å². The van der Waals surface area contributed by atoms with Gasteiger partial charge in [0.25, 0.3) is 5.91 Å². The molecule has 0 spiro atoms. The highest BCUT2D eigenvalue weighted by Crippen LogP contribution is 2.20. The zero-order valence-electron chi connectivity index (χ0n) is 12.2. The Kier molecular flexibility index (Phi) is 4.68. The minimum Gasteiger partial charge on any atom is -0.421 e. The van der Waals surface area contributed by atoms with E-state index in [2.05, 4.69) is 15.5 Å². The van der Waals surface area contributed by atoms with Crippen LogP contribution in [-0.4, -0.2) is 22.6 Å². The molecule has 3 rings (SSSR count). The van der Waals surface area contributed by atoms with Crippen molar-refractivity contribution in [2.24, 2.45) is 0 Å². The molecule has 0 aliphatic rings. The molecule has 6 heteroatoms. The molecule has 23 heavy (non-hydrogen) atoms. The van der Waals surface area contributed by atoms with E-state index in [9.17, 15) is 4.79 Å². The topological polar surface area (TPSA) is 68.0 Å². The van der Waals surface area contributed by atoms with Gasteiger partial charge in [-0.25, -0.2) is 0 Å². The zero-order valence-corrected chi connectivity index (χ0v) is 13.0. The number of carbonyl (C=O) groups is 1. The fourth-order valence-electron chi connectivity index (χ4n) is 2.04. The van der Waals surface area contributed by atoms with Crippen LogP contribution < -0.4 is 5.32 Å². The van der Waals surface area contributed by atoms with Crippen molar-refractivity contribution in [3.8, 4) is 11.5 Å². The summed E-state index contributed by atoms with van der Waals surface area (Å²) in [5.41, 5.74) is 1.43. The second-order valence-electron chi connectivity index (χ2n) is 4.88. The molecule has 3 aromatic rings. The van der Waals surface area contributed by atoms with E-state index in [1.165, 1.54) is 0 Å². The first-order valence-electron chi connectivity index (χ1n) is 7.14. The molecule has 0 radical (unpaired) electrons. The average Bonchev–Trinajstić information content (AvgIpc) is 3.05. The summed E-state index contributed by atoms with van der Waals surface area (Å²) in [7, 11) is 0. The van der Waals surface area contributed by atoms with E-state index in [4.69, 9.17) is 16.0 Å². The van der Waals surface area contributed by atoms with E-state index >= 15 is 0 Å².